The smallest absolute Gasteiger partial charge is 0.259 e. The highest BCUT2D eigenvalue weighted by Gasteiger charge is 2.22. The zero-order valence-corrected chi connectivity index (χ0v) is 18.0. The molecule has 1 amide bonds. The first-order valence-electron chi connectivity index (χ1n) is 10.3. The van der Waals surface area contributed by atoms with E-state index in [1.165, 1.54) is 35.0 Å². The summed E-state index contributed by atoms with van der Waals surface area (Å²) >= 11 is 3.16. The molecule has 0 spiro atoms. The quantitative estimate of drug-likeness (QED) is 0.687. The SMILES string of the molecule is CCC(CNC(=O)CSCc1nc2sc3c(c2c(=O)[nH]1)CCC3)N1CCCC1. The lowest BCUT2D eigenvalue weighted by atomic mass is 10.2. The van der Waals surface area contributed by atoms with Gasteiger partial charge in [0.15, 0.2) is 0 Å². The highest BCUT2D eigenvalue weighted by atomic mass is 32.2. The van der Waals surface area contributed by atoms with Crippen LogP contribution in [0, 0.1) is 0 Å². The van der Waals surface area contributed by atoms with E-state index >= 15 is 0 Å². The van der Waals surface area contributed by atoms with Crippen LogP contribution in [0.1, 0.15) is 48.9 Å². The Bertz CT molecular complexity index is 901. The first kappa shape index (κ1) is 19.9. The number of hydrogen-bond donors (Lipinski definition) is 2. The first-order chi connectivity index (χ1) is 13.7. The average Bonchev–Trinajstić information content (AvgIpc) is 3.39. The third-order valence-corrected chi connectivity index (χ3v) is 7.89. The Morgan fingerprint density at radius 1 is 1.32 bits per heavy atom. The van der Waals surface area contributed by atoms with Gasteiger partial charge in [-0.25, -0.2) is 4.98 Å². The van der Waals surface area contributed by atoms with Gasteiger partial charge in [-0.3, -0.25) is 14.5 Å². The van der Waals surface area contributed by atoms with Crippen molar-refractivity contribution in [3.05, 3.63) is 26.6 Å². The number of aromatic nitrogens is 2. The lowest BCUT2D eigenvalue weighted by Crippen LogP contribution is -2.42. The highest BCUT2D eigenvalue weighted by molar-refractivity contribution is 7.99. The molecule has 152 valence electrons. The molecular formula is C20H28N4O2S2. The molecule has 2 aromatic heterocycles. The van der Waals surface area contributed by atoms with Crippen molar-refractivity contribution in [2.24, 2.45) is 0 Å². The number of fused-ring (bicyclic) bond motifs is 3. The number of likely N-dealkylation sites (tertiary alicyclic amines) is 1. The Labute approximate surface area is 173 Å². The minimum absolute atomic E-state index is 0.0270. The molecule has 28 heavy (non-hydrogen) atoms. The molecule has 1 fully saturated rings. The molecular weight excluding hydrogens is 392 g/mol. The van der Waals surface area contributed by atoms with Gasteiger partial charge in [0.2, 0.25) is 5.91 Å². The minimum atomic E-state index is -0.0270. The zero-order chi connectivity index (χ0) is 19.5. The van der Waals surface area contributed by atoms with E-state index in [1.54, 1.807) is 11.3 Å². The van der Waals surface area contributed by atoms with E-state index in [0.717, 1.165) is 55.5 Å². The zero-order valence-electron chi connectivity index (χ0n) is 16.4. The maximum absolute atomic E-state index is 12.5. The van der Waals surface area contributed by atoms with Crippen molar-refractivity contribution in [3.63, 3.8) is 0 Å². The van der Waals surface area contributed by atoms with Gasteiger partial charge >= 0.3 is 0 Å². The van der Waals surface area contributed by atoms with Gasteiger partial charge in [-0.05, 0) is 57.2 Å². The summed E-state index contributed by atoms with van der Waals surface area (Å²) in [5.41, 5.74) is 1.18. The van der Waals surface area contributed by atoms with Crippen molar-refractivity contribution in [3.8, 4) is 0 Å². The fourth-order valence-electron chi connectivity index (χ4n) is 4.28. The van der Waals surface area contributed by atoms with Crippen LogP contribution in [0.3, 0.4) is 0 Å². The summed E-state index contributed by atoms with van der Waals surface area (Å²) in [6, 6.07) is 0.442. The number of rotatable bonds is 8. The molecule has 2 N–H and O–H groups in total. The molecule has 0 aromatic carbocycles. The summed E-state index contributed by atoms with van der Waals surface area (Å²) in [6.45, 7) is 5.20. The van der Waals surface area contributed by atoms with Gasteiger partial charge in [0.25, 0.3) is 5.56 Å². The minimum Gasteiger partial charge on any atom is -0.354 e. The number of amides is 1. The van der Waals surface area contributed by atoms with Crippen LogP contribution in [0.15, 0.2) is 4.79 Å². The van der Waals surface area contributed by atoms with Crippen LogP contribution < -0.4 is 10.9 Å². The Kier molecular flexibility index (Phi) is 6.38. The average molecular weight is 421 g/mol. The van der Waals surface area contributed by atoms with Crippen molar-refractivity contribution < 1.29 is 4.79 Å². The molecule has 2 aliphatic rings. The van der Waals surface area contributed by atoms with Crippen molar-refractivity contribution in [2.45, 2.75) is 57.2 Å². The normalized spacial score (nSPS) is 17.9. The van der Waals surface area contributed by atoms with Gasteiger partial charge in [-0.2, -0.15) is 0 Å². The number of hydrogen-bond acceptors (Lipinski definition) is 6. The van der Waals surface area contributed by atoms with Crippen molar-refractivity contribution in [1.82, 2.24) is 20.2 Å². The molecule has 2 aromatic rings. The molecule has 8 heteroatoms. The standard InChI is InChI=1S/C20H28N4O2S2/c1-2-13(24-8-3-4-9-24)10-21-17(25)12-27-11-16-22-19(26)18-14-6-5-7-15(14)28-20(18)23-16/h13H,2-12H2,1H3,(H,21,25)(H,22,23,26). The Morgan fingerprint density at radius 3 is 2.93 bits per heavy atom. The summed E-state index contributed by atoms with van der Waals surface area (Å²) in [6.07, 6.45) is 6.79. The van der Waals surface area contributed by atoms with Crippen LogP contribution in [-0.2, 0) is 23.4 Å². The molecule has 1 atom stereocenters. The largest absolute Gasteiger partial charge is 0.354 e. The van der Waals surface area contributed by atoms with Crippen LogP contribution in [0.25, 0.3) is 10.2 Å². The number of aryl methyl sites for hydroxylation is 2. The molecule has 0 bridgehead atoms. The maximum Gasteiger partial charge on any atom is 0.259 e. The predicted octanol–water partition coefficient (Wildman–Crippen LogP) is 2.70. The Hall–Kier alpha value is -1.38. The highest BCUT2D eigenvalue weighted by Crippen LogP contribution is 2.34. The second kappa shape index (κ2) is 8.97. The molecule has 1 aliphatic carbocycles. The topological polar surface area (TPSA) is 78.1 Å². The van der Waals surface area contributed by atoms with Gasteiger partial charge < -0.3 is 10.3 Å². The molecule has 0 radical (unpaired) electrons. The molecule has 6 nitrogen and oxygen atoms in total. The summed E-state index contributed by atoms with van der Waals surface area (Å²) < 4.78 is 0. The van der Waals surface area contributed by atoms with E-state index in [1.807, 2.05) is 0 Å². The van der Waals surface area contributed by atoms with Crippen molar-refractivity contribution >= 4 is 39.2 Å². The summed E-state index contributed by atoms with van der Waals surface area (Å²) in [7, 11) is 0. The van der Waals surface area contributed by atoms with Crippen LogP contribution in [0.4, 0.5) is 0 Å². The van der Waals surface area contributed by atoms with Crippen LogP contribution >= 0.6 is 23.1 Å². The van der Waals surface area contributed by atoms with Crippen molar-refractivity contribution in [1.29, 1.82) is 0 Å². The lowest BCUT2D eigenvalue weighted by Gasteiger charge is -2.26. The van der Waals surface area contributed by atoms with Crippen molar-refractivity contribution in [2.75, 3.05) is 25.4 Å². The van der Waals surface area contributed by atoms with E-state index in [0.29, 0.717) is 23.4 Å². The number of thiophene rings is 1. The predicted molar refractivity (Wildman–Crippen MR) is 116 cm³/mol. The van der Waals surface area contributed by atoms with Gasteiger partial charge in [-0.15, -0.1) is 23.1 Å². The number of carbonyl (C=O) groups is 1. The van der Waals surface area contributed by atoms with E-state index < -0.39 is 0 Å². The molecule has 1 aliphatic heterocycles. The number of aromatic amines is 1. The van der Waals surface area contributed by atoms with Gasteiger partial charge in [0, 0.05) is 17.5 Å². The van der Waals surface area contributed by atoms with E-state index in [9.17, 15) is 9.59 Å². The molecule has 4 rings (SSSR count). The summed E-state index contributed by atoms with van der Waals surface area (Å²) in [4.78, 5) is 36.9. The monoisotopic (exact) mass is 420 g/mol. The molecule has 1 saturated heterocycles. The Balaban J connectivity index is 1.28. The number of nitrogens with one attached hydrogen (secondary N) is 2. The molecule has 0 saturated carbocycles. The van der Waals surface area contributed by atoms with Gasteiger partial charge in [-0.1, -0.05) is 6.92 Å². The third-order valence-electron chi connectivity index (χ3n) is 5.76. The summed E-state index contributed by atoms with van der Waals surface area (Å²) in [5.74, 6) is 1.66. The molecule has 1 unspecified atom stereocenters. The molecule has 3 heterocycles. The second-order valence-electron chi connectivity index (χ2n) is 7.65. The third kappa shape index (κ3) is 4.28. The van der Waals surface area contributed by atoms with Crippen LogP contribution in [-0.4, -0.2) is 52.2 Å². The van der Waals surface area contributed by atoms with E-state index in [4.69, 9.17) is 0 Å². The van der Waals surface area contributed by atoms with Gasteiger partial charge in [0.1, 0.15) is 10.7 Å². The number of carbonyl (C=O) groups excluding carboxylic acids is 1. The fourth-order valence-corrected chi connectivity index (χ4v) is 6.28. The number of thioether (sulfide) groups is 1. The Morgan fingerprint density at radius 2 is 2.14 bits per heavy atom. The van der Waals surface area contributed by atoms with Gasteiger partial charge in [0.05, 0.1) is 16.9 Å². The lowest BCUT2D eigenvalue weighted by molar-refractivity contribution is -0.118. The maximum atomic E-state index is 12.5. The number of H-pyrrole nitrogens is 1. The summed E-state index contributed by atoms with van der Waals surface area (Å²) in [5, 5.41) is 3.86. The van der Waals surface area contributed by atoms with E-state index in [2.05, 4.69) is 27.1 Å². The second-order valence-corrected chi connectivity index (χ2v) is 9.72. The van der Waals surface area contributed by atoms with Crippen LogP contribution in [0.2, 0.25) is 0 Å². The van der Waals surface area contributed by atoms with Crippen LogP contribution in [0.5, 0.6) is 0 Å². The fraction of sp³-hybridized carbons (Fsp3) is 0.650. The number of nitrogens with zero attached hydrogens (tertiary/aromatic N) is 2. The first-order valence-corrected chi connectivity index (χ1v) is 12.2. The van der Waals surface area contributed by atoms with E-state index in [-0.39, 0.29) is 11.5 Å².